The van der Waals surface area contributed by atoms with E-state index >= 15 is 4.39 Å². The average Bonchev–Trinajstić information content (AvgIpc) is 2.87. The lowest BCUT2D eigenvalue weighted by atomic mass is 9.93. The van der Waals surface area contributed by atoms with Crippen LogP contribution in [-0.4, -0.2) is 54.3 Å². The minimum absolute atomic E-state index is 0.0210. The zero-order chi connectivity index (χ0) is 28.2. The van der Waals surface area contributed by atoms with Gasteiger partial charge < -0.3 is 24.4 Å². The maximum Gasteiger partial charge on any atom is 0.410 e. The molecule has 204 valence electrons. The van der Waals surface area contributed by atoms with E-state index in [1.807, 2.05) is 6.07 Å². The van der Waals surface area contributed by atoms with E-state index in [9.17, 15) is 14.9 Å². The number of carbonyl (C=O) groups is 2. The monoisotopic (exact) mass is 534 g/mol. The highest BCUT2D eigenvalue weighted by molar-refractivity contribution is 5.82. The number of fused-ring (bicyclic) bond motifs is 3. The van der Waals surface area contributed by atoms with Gasteiger partial charge in [0.05, 0.1) is 24.2 Å². The lowest BCUT2D eigenvalue weighted by Gasteiger charge is -2.31. The van der Waals surface area contributed by atoms with Crippen LogP contribution in [-0.2, 0) is 27.3 Å². The number of hydrogen-bond donors (Lipinski definition) is 1. The van der Waals surface area contributed by atoms with Crippen LogP contribution in [0.1, 0.15) is 50.3 Å². The Hall–Kier alpha value is -4.15. The van der Waals surface area contributed by atoms with Crippen LogP contribution < -0.4 is 10.1 Å². The number of benzene rings is 2. The third-order valence-corrected chi connectivity index (χ3v) is 6.42. The molecule has 1 saturated heterocycles. The fourth-order valence-electron chi connectivity index (χ4n) is 4.52. The second-order valence-electron chi connectivity index (χ2n) is 10.6. The lowest BCUT2D eigenvalue weighted by molar-refractivity contribution is -0.135. The first-order valence-electron chi connectivity index (χ1n) is 12.9. The van der Waals surface area contributed by atoms with Crippen LogP contribution in [0.4, 0.5) is 9.18 Å². The molecule has 0 aromatic heterocycles. The Labute approximate surface area is 227 Å². The largest absolute Gasteiger partial charge is 0.488 e. The maximum atomic E-state index is 15.2. The van der Waals surface area contributed by atoms with Gasteiger partial charge in [-0.05, 0) is 74.6 Å². The fourth-order valence-corrected chi connectivity index (χ4v) is 4.52. The number of nitrogens with zero attached hydrogens (tertiary/aromatic N) is 3. The van der Waals surface area contributed by atoms with Crippen molar-refractivity contribution in [3.05, 3.63) is 52.8 Å². The summed E-state index contributed by atoms with van der Waals surface area (Å²) in [6.45, 7) is 6.27. The molecule has 39 heavy (non-hydrogen) atoms. The predicted octanol–water partition coefficient (Wildman–Crippen LogP) is 4.22. The molecule has 0 saturated carbocycles. The van der Waals surface area contributed by atoms with Crippen molar-refractivity contribution in [3.63, 3.8) is 0 Å². The molecule has 0 bridgehead atoms. The number of carbonyl (C=O) groups excluding carboxylic acids is 2. The quantitative estimate of drug-likeness (QED) is 0.623. The van der Waals surface area contributed by atoms with Gasteiger partial charge in [-0.25, -0.2) is 9.18 Å². The van der Waals surface area contributed by atoms with E-state index in [1.54, 1.807) is 45.0 Å². The molecule has 0 unspecified atom stereocenters. The first-order chi connectivity index (χ1) is 18.6. The Balaban J connectivity index is 1.46. The molecule has 1 fully saturated rings. The van der Waals surface area contributed by atoms with Crippen LogP contribution in [0.25, 0.3) is 11.1 Å². The zero-order valence-electron chi connectivity index (χ0n) is 22.3. The van der Waals surface area contributed by atoms with Crippen molar-refractivity contribution in [2.45, 2.75) is 64.4 Å². The lowest BCUT2D eigenvalue weighted by Crippen LogP contribution is -2.51. The van der Waals surface area contributed by atoms with Gasteiger partial charge in [0, 0.05) is 25.1 Å². The molecule has 0 spiro atoms. The van der Waals surface area contributed by atoms with Crippen LogP contribution in [0.15, 0.2) is 30.3 Å². The van der Waals surface area contributed by atoms with E-state index < -0.39 is 35.6 Å². The van der Waals surface area contributed by atoms with Gasteiger partial charge in [0.25, 0.3) is 5.91 Å². The highest BCUT2D eigenvalue weighted by Gasteiger charge is 2.31. The van der Waals surface area contributed by atoms with Gasteiger partial charge in [0.2, 0.25) is 0 Å². The van der Waals surface area contributed by atoms with Crippen molar-refractivity contribution in [1.29, 1.82) is 10.5 Å². The van der Waals surface area contributed by atoms with Crippen molar-refractivity contribution in [1.82, 2.24) is 10.2 Å². The Morgan fingerprint density at radius 2 is 2.00 bits per heavy atom. The van der Waals surface area contributed by atoms with Crippen molar-refractivity contribution < 1.29 is 28.2 Å². The van der Waals surface area contributed by atoms with Crippen molar-refractivity contribution in [2.24, 2.45) is 0 Å². The number of nitriles is 2. The van der Waals surface area contributed by atoms with E-state index in [0.717, 1.165) is 11.1 Å². The van der Waals surface area contributed by atoms with Crippen molar-refractivity contribution in [3.8, 4) is 29.0 Å². The van der Waals surface area contributed by atoms with Gasteiger partial charge in [0.1, 0.15) is 29.8 Å². The molecular formula is C29H31FN4O5. The summed E-state index contributed by atoms with van der Waals surface area (Å²) >= 11 is 0. The van der Waals surface area contributed by atoms with E-state index in [2.05, 4.69) is 11.4 Å². The summed E-state index contributed by atoms with van der Waals surface area (Å²) in [6.07, 6.45) is -0.262. The molecule has 2 aliphatic heterocycles. The molecule has 2 heterocycles. The molecular weight excluding hydrogens is 503 g/mol. The molecule has 2 amide bonds. The summed E-state index contributed by atoms with van der Waals surface area (Å²) in [5.74, 6) is -0.640. The van der Waals surface area contributed by atoms with Crippen LogP contribution in [0.5, 0.6) is 5.75 Å². The van der Waals surface area contributed by atoms with Crippen LogP contribution in [0.3, 0.4) is 0 Å². The minimum atomic E-state index is -1.04. The number of amides is 2. The Morgan fingerprint density at radius 1 is 1.21 bits per heavy atom. The summed E-state index contributed by atoms with van der Waals surface area (Å²) < 4.78 is 32.2. The van der Waals surface area contributed by atoms with Crippen LogP contribution in [0.2, 0.25) is 0 Å². The Bertz CT molecular complexity index is 1340. The van der Waals surface area contributed by atoms with E-state index in [-0.39, 0.29) is 25.1 Å². The van der Waals surface area contributed by atoms with E-state index in [0.29, 0.717) is 42.9 Å². The predicted molar refractivity (Wildman–Crippen MR) is 139 cm³/mol. The van der Waals surface area contributed by atoms with Crippen molar-refractivity contribution in [2.75, 3.05) is 19.7 Å². The van der Waals surface area contributed by atoms with Gasteiger partial charge >= 0.3 is 6.09 Å². The first kappa shape index (κ1) is 27.9. The number of ether oxygens (including phenoxy) is 3. The standard InChI is InChI=1S/C29H31FN4O5/c1-29(2,3)39-28(36)34-8-4-5-9-37-26(16-34)27(35)33-21(15-32)11-19-12-25-23(13-24(19)30)22-7-6-18(14-31)10-20(22)17-38-25/h6-7,10,12-13,21,26H,4-5,8-9,11,16-17H2,1-3H3,(H,33,35)/t21-,26-/m0/s1. The van der Waals surface area contributed by atoms with E-state index in [4.69, 9.17) is 19.5 Å². The maximum absolute atomic E-state index is 15.2. The molecule has 2 aliphatic rings. The zero-order valence-corrected chi connectivity index (χ0v) is 22.3. The molecule has 2 aromatic carbocycles. The number of halogens is 1. The Kier molecular flexibility index (Phi) is 8.37. The second kappa shape index (κ2) is 11.7. The second-order valence-corrected chi connectivity index (χ2v) is 10.6. The SMILES string of the molecule is CC(C)(C)OC(=O)N1CCCCO[C@H](C(=O)N[C@H](C#N)Cc2cc3c(cc2F)-c2ccc(C#N)cc2CO3)C1. The normalized spacial score (nSPS) is 17.6. The molecule has 0 aliphatic carbocycles. The summed E-state index contributed by atoms with van der Waals surface area (Å²) in [5.41, 5.74) is 2.15. The third-order valence-electron chi connectivity index (χ3n) is 6.42. The topological polar surface area (TPSA) is 125 Å². The Morgan fingerprint density at radius 3 is 2.72 bits per heavy atom. The third kappa shape index (κ3) is 6.84. The molecule has 10 heteroatoms. The van der Waals surface area contributed by atoms with E-state index in [1.165, 1.54) is 11.0 Å². The molecule has 9 nitrogen and oxygen atoms in total. The summed E-state index contributed by atoms with van der Waals surface area (Å²) in [5, 5.41) is 21.5. The first-order valence-corrected chi connectivity index (χ1v) is 12.9. The van der Waals surface area contributed by atoms with Gasteiger partial charge in [-0.15, -0.1) is 0 Å². The molecule has 2 atom stereocenters. The molecule has 1 N–H and O–H groups in total. The molecule has 0 radical (unpaired) electrons. The molecule has 4 rings (SSSR count). The smallest absolute Gasteiger partial charge is 0.410 e. The van der Waals surface area contributed by atoms with Crippen LogP contribution >= 0.6 is 0 Å². The summed E-state index contributed by atoms with van der Waals surface area (Å²) in [4.78, 5) is 27.1. The van der Waals surface area contributed by atoms with Crippen LogP contribution in [0, 0.1) is 28.5 Å². The summed E-state index contributed by atoms with van der Waals surface area (Å²) in [6, 6.07) is 11.1. The average molecular weight is 535 g/mol. The number of hydrogen-bond acceptors (Lipinski definition) is 7. The fraction of sp³-hybridized carbons (Fsp3) is 0.448. The van der Waals surface area contributed by atoms with Gasteiger partial charge in [-0.2, -0.15) is 10.5 Å². The van der Waals surface area contributed by atoms with Crippen molar-refractivity contribution >= 4 is 12.0 Å². The van der Waals surface area contributed by atoms with Gasteiger partial charge in [0.15, 0.2) is 6.10 Å². The van der Waals surface area contributed by atoms with Gasteiger partial charge in [-0.3, -0.25) is 4.79 Å². The number of rotatable bonds is 4. The molecule has 2 aromatic rings. The highest BCUT2D eigenvalue weighted by atomic mass is 19.1. The highest BCUT2D eigenvalue weighted by Crippen LogP contribution is 2.39. The number of nitrogens with one attached hydrogen (secondary N) is 1. The minimum Gasteiger partial charge on any atom is -0.488 e. The van der Waals surface area contributed by atoms with Gasteiger partial charge in [-0.1, -0.05) is 6.07 Å². The summed E-state index contributed by atoms with van der Waals surface area (Å²) in [7, 11) is 0.